The molecule has 0 bridgehead atoms. The summed E-state index contributed by atoms with van der Waals surface area (Å²) in [6.45, 7) is 11.3. The molecular formula is C20H33N3O2. The Morgan fingerprint density at radius 1 is 1.20 bits per heavy atom. The van der Waals surface area contributed by atoms with Crippen LogP contribution in [0.25, 0.3) is 0 Å². The smallest absolute Gasteiger partial charge is 0.317 e. The lowest BCUT2D eigenvalue weighted by Gasteiger charge is -2.35. The van der Waals surface area contributed by atoms with E-state index in [2.05, 4.69) is 37.1 Å². The van der Waals surface area contributed by atoms with Gasteiger partial charge in [0.2, 0.25) is 0 Å². The Morgan fingerprint density at radius 3 is 2.56 bits per heavy atom. The number of urea groups is 1. The summed E-state index contributed by atoms with van der Waals surface area (Å²) in [6.07, 6.45) is 2.03. The van der Waals surface area contributed by atoms with Crippen molar-refractivity contribution in [1.29, 1.82) is 0 Å². The second kappa shape index (κ2) is 9.66. The number of amides is 2. The van der Waals surface area contributed by atoms with Crippen LogP contribution in [0.1, 0.15) is 32.8 Å². The molecule has 0 spiro atoms. The number of hydrogen-bond donors (Lipinski definition) is 1. The number of methoxy groups -OCH3 is 1. The van der Waals surface area contributed by atoms with E-state index in [0.717, 1.165) is 50.8 Å². The fraction of sp³-hybridized carbons (Fsp3) is 0.650. The van der Waals surface area contributed by atoms with Gasteiger partial charge < -0.3 is 15.0 Å². The average molecular weight is 348 g/mol. The van der Waals surface area contributed by atoms with Gasteiger partial charge in [-0.2, -0.15) is 0 Å². The summed E-state index contributed by atoms with van der Waals surface area (Å²) in [6, 6.07) is 8.16. The van der Waals surface area contributed by atoms with E-state index in [9.17, 15) is 4.79 Å². The fourth-order valence-corrected chi connectivity index (χ4v) is 3.12. The van der Waals surface area contributed by atoms with Gasteiger partial charge in [-0.15, -0.1) is 0 Å². The van der Waals surface area contributed by atoms with Gasteiger partial charge in [0.25, 0.3) is 0 Å². The van der Waals surface area contributed by atoms with Gasteiger partial charge in [-0.3, -0.25) is 4.90 Å². The number of carbonyl (C=O) groups is 1. The minimum atomic E-state index is 0.0545. The molecule has 2 rings (SSSR count). The van der Waals surface area contributed by atoms with Crippen LogP contribution < -0.4 is 10.1 Å². The van der Waals surface area contributed by atoms with Crippen molar-refractivity contribution in [2.75, 3.05) is 39.8 Å². The Bertz CT molecular complexity index is 539. The number of piperazine rings is 1. The van der Waals surface area contributed by atoms with Crippen LogP contribution in [0, 0.1) is 5.92 Å². The van der Waals surface area contributed by atoms with Crippen LogP contribution in [0.5, 0.6) is 5.75 Å². The molecule has 0 aliphatic carbocycles. The molecule has 2 amide bonds. The molecule has 1 aromatic rings. The van der Waals surface area contributed by atoms with Gasteiger partial charge in [0.15, 0.2) is 0 Å². The summed E-state index contributed by atoms with van der Waals surface area (Å²) < 4.78 is 5.26. The van der Waals surface area contributed by atoms with Crippen LogP contribution in [0.4, 0.5) is 4.79 Å². The molecule has 1 saturated heterocycles. The summed E-state index contributed by atoms with van der Waals surface area (Å²) in [5.74, 6) is 1.59. The van der Waals surface area contributed by atoms with Crippen LogP contribution in [0.15, 0.2) is 24.3 Å². The summed E-state index contributed by atoms with van der Waals surface area (Å²) in [5.41, 5.74) is 1.17. The second-order valence-corrected chi connectivity index (χ2v) is 7.42. The molecule has 1 aliphatic heterocycles. The first-order valence-electron chi connectivity index (χ1n) is 9.38. The van der Waals surface area contributed by atoms with Crippen molar-refractivity contribution in [3.8, 4) is 5.75 Å². The van der Waals surface area contributed by atoms with Gasteiger partial charge in [-0.25, -0.2) is 4.79 Å². The minimum absolute atomic E-state index is 0.0545. The second-order valence-electron chi connectivity index (χ2n) is 7.42. The van der Waals surface area contributed by atoms with Crippen molar-refractivity contribution < 1.29 is 9.53 Å². The Hall–Kier alpha value is -1.75. The molecule has 1 aromatic carbocycles. The lowest BCUT2D eigenvalue weighted by Crippen LogP contribution is -2.53. The Morgan fingerprint density at radius 2 is 1.92 bits per heavy atom. The van der Waals surface area contributed by atoms with Crippen LogP contribution in [0.2, 0.25) is 0 Å². The molecule has 5 heteroatoms. The largest absolute Gasteiger partial charge is 0.497 e. The van der Waals surface area contributed by atoms with Crippen molar-refractivity contribution in [3.63, 3.8) is 0 Å². The number of benzene rings is 1. The van der Waals surface area contributed by atoms with Crippen LogP contribution in [-0.4, -0.2) is 61.7 Å². The summed E-state index contributed by atoms with van der Waals surface area (Å²) in [4.78, 5) is 16.9. The lowest BCUT2D eigenvalue weighted by atomic mass is 10.1. The van der Waals surface area contributed by atoms with Gasteiger partial charge in [-0.1, -0.05) is 26.0 Å². The predicted molar refractivity (Wildman–Crippen MR) is 102 cm³/mol. The topological polar surface area (TPSA) is 44.8 Å². The summed E-state index contributed by atoms with van der Waals surface area (Å²) >= 11 is 0. The first kappa shape index (κ1) is 19.6. The van der Waals surface area contributed by atoms with Gasteiger partial charge in [0, 0.05) is 32.2 Å². The van der Waals surface area contributed by atoms with Gasteiger partial charge >= 0.3 is 6.03 Å². The van der Waals surface area contributed by atoms with Gasteiger partial charge in [0.05, 0.1) is 7.11 Å². The molecule has 1 unspecified atom stereocenters. The number of nitrogens with zero attached hydrogens (tertiary/aromatic N) is 2. The number of ether oxygens (including phenoxy) is 1. The summed E-state index contributed by atoms with van der Waals surface area (Å²) in [7, 11) is 1.67. The van der Waals surface area contributed by atoms with Crippen molar-refractivity contribution >= 4 is 6.03 Å². The highest BCUT2D eigenvalue weighted by atomic mass is 16.5. The zero-order valence-electron chi connectivity index (χ0n) is 16.1. The van der Waals surface area contributed by atoms with E-state index in [1.165, 1.54) is 12.0 Å². The number of rotatable bonds is 7. The monoisotopic (exact) mass is 347 g/mol. The number of hydrogen-bond acceptors (Lipinski definition) is 3. The third kappa shape index (κ3) is 6.58. The van der Waals surface area contributed by atoms with Crippen LogP contribution in [-0.2, 0) is 6.42 Å². The number of carbonyl (C=O) groups excluding carboxylic acids is 1. The molecule has 140 valence electrons. The standard InChI is InChI=1S/C20H33N3O2/c1-16(2)8-9-22-10-12-23(13-11-22)20(24)21-17(3)14-18-6-5-7-19(15-18)25-4/h5-7,15-17H,8-14H2,1-4H3,(H,21,24). The Labute approximate surface area is 152 Å². The maximum absolute atomic E-state index is 12.5. The highest BCUT2D eigenvalue weighted by Gasteiger charge is 2.22. The third-order valence-electron chi connectivity index (χ3n) is 4.73. The molecule has 1 atom stereocenters. The predicted octanol–water partition coefficient (Wildman–Crippen LogP) is 3.00. The molecule has 1 fully saturated rings. The Balaban J connectivity index is 1.74. The minimum Gasteiger partial charge on any atom is -0.497 e. The highest BCUT2D eigenvalue weighted by Crippen LogP contribution is 2.14. The van der Waals surface area contributed by atoms with Crippen LogP contribution in [0.3, 0.4) is 0 Å². The van der Waals surface area contributed by atoms with E-state index >= 15 is 0 Å². The molecule has 1 aliphatic rings. The molecule has 1 N–H and O–H groups in total. The van der Waals surface area contributed by atoms with E-state index in [-0.39, 0.29) is 12.1 Å². The average Bonchev–Trinajstić information content (AvgIpc) is 2.60. The Kier molecular flexibility index (Phi) is 7.56. The van der Waals surface area contributed by atoms with E-state index in [0.29, 0.717) is 0 Å². The molecule has 0 saturated carbocycles. The quantitative estimate of drug-likeness (QED) is 0.825. The zero-order valence-corrected chi connectivity index (χ0v) is 16.1. The van der Waals surface area contributed by atoms with Crippen LogP contribution >= 0.6 is 0 Å². The van der Waals surface area contributed by atoms with Crippen molar-refractivity contribution in [1.82, 2.24) is 15.1 Å². The van der Waals surface area contributed by atoms with Crippen molar-refractivity contribution in [2.24, 2.45) is 5.92 Å². The molecule has 0 aromatic heterocycles. The molecule has 1 heterocycles. The van der Waals surface area contributed by atoms with E-state index in [4.69, 9.17) is 4.74 Å². The maximum Gasteiger partial charge on any atom is 0.317 e. The molecule has 5 nitrogen and oxygen atoms in total. The molecule has 0 radical (unpaired) electrons. The maximum atomic E-state index is 12.5. The zero-order chi connectivity index (χ0) is 18.2. The molecular weight excluding hydrogens is 314 g/mol. The number of nitrogens with one attached hydrogen (secondary N) is 1. The van der Waals surface area contributed by atoms with Gasteiger partial charge in [0.1, 0.15) is 5.75 Å². The normalized spacial score (nSPS) is 16.8. The fourth-order valence-electron chi connectivity index (χ4n) is 3.12. The van der Waals surface area contributed by atoms with Crippen molar-refractivity contribution in [2.45, 2.75) is 39.7 Å². The third-order valence-corrected chi connectivity index (χ3v) is 4.73. The van der Waals surface area contributed by atoms with E-state index in [1.807, 2.05) is 23.1 Å². The van der Waals surface area contributed by atoms with Gasteiger partial charge in [-0.05, 0) is 49.9 Å². The lowest BCUT2D eigenvalue weighted by molar-refractivity contribution is 0.134. The first-order chi connectivity index (χ1) is 12.0. The summed E-state index contributed by atoms with van der Waals surface area (Å²) in [5, 5.41) is 3.13. The van der Waals surface area contributed by atoms with E-state index < -0.39 is 0 Å². The highest BCUT2D eigenvalue weighted by molar-refractivity contribution is 5.74. The SMILES string of the molecule is COc1cccc(CC(C)NC(=O)N2CCN(CCC(C)C)CC2)c1. The first-order valence-corrected chi connectivity index (χ1v) is 9.38. The van der Waals surface area contributed by atoms with E-state index in [1.54, 1.807) is 7.11 Å². The van der Waals surface area contributed by atoms with Crippen molar-refractivity contribution in [3.05, 3.63) is 29.8 Å². The molecule has 25 heavy (non-hydrogen) atoms.